The maximum absolute atomic E-state index is 13.3. The summed E-state index contributed by atoms with van der Waals surface area (Å²) in [5, 5.41) is 9.28. The molecule has 3 N–H and O–H groups in total. The summed E-state index contributed by atoms with van der Waals surface area (Å²) in [6, 6.07) is 19.4. The van der Waals surface area contributed by atoms with Crippen LogP contribution in [0.4, 0.5) is 17.2 Å². The van der Waals surface area contributed by atoms with Crippen LogP contribution in [0, 0.1) is 5.92 Å². The predicted octanol–water partition coefficient (Wildman–Crippen LogP) is 5.52. The Labute approximate surface area is 258 Å². The van der Waals surface area contributed by atoms with Gasteiger partial charge < -0.3 is 25.4 Å². The first-order valence-electron chi connectivity index (χ1n) is 14.9. The summed E-state index contributed by atoms with van der Waals surface area (Å²) < 4.78 is 37.4. The molecule has 1 heterocycles. The van der Waals surface area contributed by atoms with Crippen LogP contribution in [0.1, 0.15) is 37.8 Å². The van der Waals surface area contributed by atoms with Crippen molar-refractivity contribution in [3.8, 4) is 11.5 Å². The van der Waals surface area contributed by atoms with Gasteiger partial charge in [0.1, 0.15) is 11.5 Å². The number of aryl methyl sites for hydroxylation is 1. The molecule has 1 aliphatic carbocycles. The number of fused-ring (bicyclic) bond motifs is 1. The van der Waals surface area contributed by atoms with Gasteiger partial charge in [-0.05, 0) is 68.5 Å². The average molecular weight is 618 g/mol. The quantitative estimate of drug-likeness (QED) is 0.139. The summed E-state index contributed by atoms with van der Waals surface area (Å²) in [5.74, 6) is 2.35. The Morgan fingerprint density at radius 2 is 1.61 bits per heavy atom. The number of aromatic nitrogens is 2. The van der Waals surface area contributed by atoms with Crippen molar-refractivity contribution in [2.45, 2.75) is 43.4 Å². The van der Waals surface area contributed by atoms with Crippen LogP contribution >= 0.6 is 0 Å². The van der Waals surface area contributed by atoms with Crippen molar-refractivity contribution in [2.75, 3.05) is 43.7 Å². The molecule has 232 valence electrons. The number of amides is 1. The fourth-order valence-electron chi connectivity index (χ4n) is 4.97. The molecule has 1 fully saturated rings. The Morgan fingerprint density at radius 1 is 0.886 bits per heavy atom. The summed E-state index contributed by atoms with van der Waals surface area (Å²) in [4.78, 5) is 22.1. The number of carbonyl (C=O) groups excluding carboxylic acids is 1. The Balaban J connectivity index is 1.23. The number of ether oxygens (including phenoxy) is 2. The number of nitrogens with zero attached hydrogens (tertiary/aromatic N) is 2. The molecule has 0 bridgehead atoms. The smallest absolute Gasteiger partial charge is 0.238 e. The van der Waals surface area contributed by atoms with Crippen molar-refractivity contribution >= 4 is 44.0 Å². The number of nitrogens with one attached hydrogen (secondary N) is 3. The Morgan fingerprint density at radius 3 is 2.32 bits per heavy atom. The van der Waals surface area contributed by atoms with E-state index >= 15 is 0 Å². The number of hydrogen-bond acceptors (Lipinski definition) is 9. The van der Waals surface area contributed by atoms with Crippen LogP contribution in [0.25, 0.3) is 11.0 Å². The summed E-state index contributed by atoms with van der Waals surface area (Å²) in [7, 11) is -0.452. The van der Waals surface area contributed by atoms with E-state index in [1.54, 1.807) is 38.5 Å². The molecule has 4 aromatic rings. The van der Waals surface area contributed by atoms with Crippen LogP contribution in [-0.4, -0.2) is 57.4 Å². The van der Waals surface area contributed by atoms with Crippen LogP contribution in [0.3, 0.4) is 0 Å². The van der Waals surface area contributed by atoms with E-state index in [0.29, 0.717) is 52.7 Å². The highest BCUT2D eigenvalue weighted by Crippen LogP contribution is 2.33. The third-order valence-corrected chi connectivity index (χ3v) is 9.31. The van der Waals surface area contributed by atoms with Crippen molar-refractivity contribution in [3.63, 3.8) is 0 Å². The first-order valence-corrected chi connectivity index (χ1v) is 16.6. The van der Waals surface area contributed by atoms with Gasteiger partial charge in [0.05, 0.1) is 48.1 Å². The molecule has 11 heteroatoms. The molecular weight excluding hydrogens is 578 g/mol. The number of sulfone groups is 1. The van der Waals surface area contributed by atoms with Crippen molar-refractivity contribution in [1.82, 2.24) is 15.3 Å². The van der Waals surface area contributed by atoms with E-state index in [9.17, 15) is 13.2 Å². The molecule has 5 rings (SSSR count). The standard InChI is InChI=1S/C33H39N5O5S/c1-42-26-18-25(19-27(21-26)43-2)36-33-31(37-29-11-3-4-12-30(29)38-33)13-7-17-44(40,41)28-10-5-9-24(20-28)35-32(39)22-34-16-6-8-23-14-15-23/h3-5,9-12,18-21,23,34H,6-8,13-17,22H2,1-2H3,(H,35,39)(H,36,38). The number of methoxy groups -OCH3 is 2. The lowest BCUT2D eigenvalue weighted by molar-refractivity contribution is -0.115. The monoisotopic (exact) mass is 617 g/mol. The number of rotatable bonds is 16. The molecular formula is C33H39N5O5S. The van der Waals surface area contributed by atoms with Gasteiger partial charge in [0, 0.05) is 29.6 Å². The Bertz CT molecular complexity index is 1690. The van der Waals surface area contributed by atoms with Gasteiger partial charge in [-0.3, -0.25) is 4.79 Å². The minimum absolute atomic E-state index is 0.0894. The van der Waals surface area contributed by atoms with Crippen molar-refractivity contribution < 1.29 is 22.7 Å². The Kier molecular flexibility index (Phi) is 10.3. The van der Waals surface area contributed by atoms with Gasteiger partial charge in [0.2, 0.25) is 5.91 Å². The first-order chi connectivity index (χ1) is 21.3. The lowest BCUT2D eigenvalue weighted by atomic mass is 10.2. The SMILES string of the molecule is COc1cc(Nc2nc3ccccc3nc2CCCS(=O)(=O)c2cccc(NC(=O)CNCCCC3CC3)c2)cc(OC)c1. The molecule has 10 nitrogen and oxygen atoms in total. The van der Waals surface area contributed by atoms with Gasteiger partial charge in [0.25, 0.3) is 0 Å². The second-order valence-corrected chi connectivity index (χ2v) is 13.1. The van der Waals surface area contributed by atoms with E-state index in [1.807, 2.05) is 36.4 Å². The van der Waals surface area contributed by atoms with Crippen molar-refractivity contribution in [3.05, 3.63) is 72.4 Å². The Hall–Kier alpha value is -4.22. The molecule has 1 aliphatic rings. The second kappa shape index (κ2) is 14.5. The first kappa shape index (κ1) is 31.2. The zero-order valence-electron chi connectivity index (χ0n) is 25.1. The number of benzene rings is 3. The van der Waals surface area contributed by atoms with E-state index in [2.05, 4.69) is 16.0 Å². The molecule has 1 aromatic heterocycles. The van der Waals surface area contributed by atoms with E-state index in [0.717, 1.165) is 24.4 Å². The van der Waals surface area contributed by atoms with Crippen LogP contribution in [-0.2, 0) is 21.1 Å². The van der Waals surface area contributed by atoms with E-state index in [4.69, 9.17) is 19.4 Å². The van der Waals surface area contributed by atoms with Gasteiger partial charge in [-0.15, -0.1) is 0 Å². The molecule has 0 spiro atoms. The molecule has 0 unspecified atom stereocenters. The van der Waals surface area contributed by atoms with Crippen LogP contribution in [0.5, 0.6) is 11.5 Å². The molecule has 1 amide bonds. The summed E-state index contributed by atoms with van der Waals surface area (Å²) >= 11 is 0. The second-order valence-electron chi connectivity index (χ2n) is 11.0. The summed E-state index contributed by atoms with van der Waals surface area (Å²) in [6.07, 6.45) is 5.63. The fourth-order valence-corrected chi connectivity index (χ4v) is 6.32. The van der Waals surface area contributed by atoms with Crippen molar-refractivity contribution in [1.29, 1.82) is 0 Å². The third kappa shape index (κ3) is 8.67. The van der Waals surface area contributed by atoms with E-state index < -0.39 is 9.84 Å². The predicted molar refractivity (Wildman–Crippen MR) is 173 cm³/mol. The zero-order valence-corrected chi connectivity index (χ0v) is 26.0. The summed E-state index contributed by atoms with van der Waals surface area (Å²) in [6.45, 7) is 0.984. The van der Waals surface area contributed by atoms with Gasteiger partial charge in [-0.2, -0.15) is 0 Å². The molecule has 0 atom stereocenters. The van der Waals surface area contributed by atoms with Gasteiger partial charge in [-0.1, -0.05) is 31.0 Å². The highest BCUT2D eigenvalue weighted by Gasteiger charge is 2.20. The normalized spacial score (nSPS) is 13.0. The number of carbonyl (C=O) groups is 1. The molecule has 44 heavy (non-hydrogen) atoms. The van der Waals surface area contributed by atoms with Gasteiger partial charge in [0.15, 0.2) is 15.7 Å². The maximum Gasteiger partial charge on any atom is 0.238 e. The minimum Gasteiger partial charge on any atom is -0.497 e. The largest absolute Gasteiger partial charge is 0.497 e. The van der Waals surface area contributed by atoms with E-state index in [-0.39, 0.29) is 23.1 Å². The van der Waals surface area contributed by atoms with Gasteiger partial charge in [-0.25, -0.2) is 18.4 Å². The number of anilines is 3. The van der Waals surface area contributed by atoms with Crippen LogP contribution in [0.15, 0.2) is 71.6 Å². The van der Waals surface area contributed by atoms with Crippen LogP contribution in [0.2, 0.25) is 0 Å². The lowest BCUT2D eigenvalue weighted by Crippen LogP contribution is -2.28. The highest BCUT2D eigenvalue weighted by molar-refractivity contribution is 7.91. The maximum atomic E-state index is 13.3. The van der Waals surface area contributed by atoms with Crippen LogP contribution < -0.4 is 25.4 Å². The van der Waals surface area contributed by atoms with Gasteiger partial charge >= 0.3 is 0 Å². The molecule has 0 saturated heterocycles. The number of para-hydroxylation sites is 2. The topological polar surface area (TPSA) is 132 Å². The molecule has 1 saturated carbocycles. The van der Waals surface area contributed by atoms with Crippen molar-refractivity contribution in [2.24, 2.45) is 5.92 Å². The van der Waals surface area contributed by atoms with E-state index in [1.165, 1.54) is 25.3 Å². The molecule has 0 radical (unpaired) electrons. The average Bonchev–Trinajstić information content (AvgIpc) is 3.85. The summed E-state index contributed by atoms with van der Waals surface area (Å²) in [5.41, 5.74) is 3.24. The molecule has 0 aliphatic heterocycles. The molecule has 3 aromatic carbocycles. The zero-order chi connectivity index (χ0) is 30.9. The highest BCUT2D eigenvalue weighted by atomic mass is 32.2. The third-order valence-electron chi connectivity index (χ3n) is 7.51. The number of hydrogen-bond donors (Lipinski definition) is 3. The fraction of sp³-hybridized carbons (Fsp3) is 0.364. The minimum atomic E-state index is -3.62. The lowest BCUT2D eigenvalue weighted by Gasteiger charge is -2.14.